The molecule has 0 aliphatic rings. The highest BCUT2D eigenvalue weighted by atomic mass is 35.5. The number of anilines is 3. The summed E-state index contributed by atoms with van der Waals surface area (Å²) in [5.41, 5.74) is 3.28. The molecule has 0 unspecified atom stereocenters. The second-order valence-corrected chi connectivity index (χ2v) is 4.28. The van der Waals surface area contributed by atoms with Crippen molar-refractivity contribution >= 4 is 29.2 Å². The lowest BCUT2D eigenvalue weighted by Crippen LogP contribution is -2.04. The number of aromatic nitrogens is 3. The lowest BCUT2D eigenvalue weighted by Gasteiger charge is -2.09. The van der Waals surface area contributed by atoms with Gasteiger partial charge in [-0.05, 0) is 37.1 Å². The zero-order valence-electron chi connectivity index (χ0n) is 10.5. The van der Waals surface area contributed by atoms with Crippen LogP contribution in [0.15, 0.2) is 18.2 Å². The number of nitrogens with zero attached hydrogens (tertiary/aromatic N) is 3. The summed E-state index contributed by atoms with van der Waals surface area (Å²) in [4.78, 5) is 12.1. The fraction of sp³-hybridized carbons (Fsp3) is 0.250. The van der Waals surface area contributed by atoms with Crippen molar-refractivity contribution in [3.05, 3.63) is 34.6 Å². The van der Waals surface area contributed by atoms with Crippen molar-refractivity contribution in [3.63, 3.8) is 0 Å². The van der Waals surface area contributed by atoms with E-state index in [2.05, 4.69) is 38.6 Å². The molecule has 1 aromatic carbocycles. The largest absolute Gasteiger partial charge is 0.357 e. The molecule has 1 aromatic heterocycles. The maximum Gasteiger partial charge on any atom is 0.233 e. The molecule has 5 nitrogen and oxygen atoms in total. The van der Waals surface area contributed by atoms with Gasteiger partial charge in [0.1, 0.15) is 0 Å². The van der Waals surface area contributed by atoms with Gasteiger partial charge < -0.3 is 10.6 Å². The van der Waals surface area contributed by atoms with E-state index in [4.69, 9.17) is 11.6 Å². The van der Waals surface area contributed by atoms with Gasteiger partial charge in [0, 0.05) is 12.7 Å². The summed E-state index contributed by atoms with van der Waals surface area (Å²) in [7, 11) is 1.73. The molecule has 94 valence electrons. The number of hydrogen-bond acceptors (Lipinski definition) is 5. The van der Waals surface area contributed by atoms with Crippen LogP contribution in [0, 0.1) is 13.8 Å². The van der Waals surface area contributed by atoms with Crippen LogP contribution in [0.4, 0.5) is 17.6 Å². The molecule has 0 fully saturated rings. The molecule has 0 aliphatic carbocycles. The van der Waals surface area contributed by atoms with Crippen LogP contribution in [-0.2, 0) is 0 Å². The number of aryl methyl sites for hydroxylation is 2. The Morgan fingerprint density at radius 2 is 1.78 bits per heavy atom. The van der Waals surface area contributed by atoms with Crippen LogP contribution in [0.3, 0.4) is 0 Å². The van der Waals surface area contributed by atoms with E-state index < -0.39 is 0 Å². The molecule has 0 spiro atoms. The standard InChI is InChI=1S/C12H14ClN5/c1-7-4-5-9(8(2)6-7)15-12-17-10(13)16-11(14-3)18-12/h4-6H,1-3H3,(H2,14,15,16,17,18). The third-order valence-electron chi connectivity index (χ3n) is 2.46. The lowest BCUT2D eigenvalue weighted by molar-refractivity contribution is 1.05. The van der Waals surface area contributed by atoms with Crippen LogP contribution in [0.5, 0.6) is 0 Å². The quantitative estimate of drug-likeness (QED) is 0.892. The molecule has 0 atom stereocenters. The first kappa shape index (κ1) is 12.6. The second kappa shape index (κ2) is 5.18. The van der Waals surface area contributed by atoms with Crippen LogP contribution in [0.1, 0.15) is 11.1 Å². The first-order valence-corrected chi connectivity index (χ1v) is 5.90. The van der Waals surface area contributed by atoms with E-state index in [1.54, 1.807) is 7.05 Å². The van der Waals surface area contributed by atoms with Crippen LogP contribution >= 0.6 is 11.6 Å². The summed E-state index contributed by atoms with van der Waals surface area (Å²) >= 11 is 5.82. The van der Waals surface area contributed by atoms with E-state index in [-0.39, 0.29) is 5.28 Å². The van der Waals surface area contributed by atoms with Crippen molar-refractivity contribution in [2.45, 2.75) is 13.8 Å². The molecule has 2 aromatic rings. The average Bonchev–Trinajstić information content (AvgIpc) is 2.32. The zero-order chi connectivity index (χ0) is 13.1. The van der Waals surface area contributed by atoms with Gasteiger partial charge in [-0.2, -0.15) is 15.0 Å². The second-order valence-electron chi connectivity index (χ2n) is 3.95. The molecule has 2 N–H and O–H groups in total. The van der Waals surface area contributed by atoms with E-state index >= 15 is 0 Å². The monoisotopic (exact) mass is 263 g/mol. The minimum absolute atomic E-state index is 0.154. The summed E-state index contributed by atoms with van der Waals surface area (Å²) < 4.78 is 0. The Bertz CT molecular complexity index is 570. The molecule has 6 heteroatoms. The average molecular weight is 264 g/mol. The van der Waals surface area contributed by atoms with Crippen LogP contribution in [0.2, 0.25) is 5.28 Å². The predicted octanol–water partition coefficient (Wildman–Crippen LogP) is 2.93. The van der Waals surface area contributed by atoms with Gasteiger partial charge in [-0.1, -0.05) is 17.7 Å². The highest BCUT2D eigenvalue weighted by Gasteiger charge is 2.05. The maximum atomic E-state index is 5.82. The molecule has 0 aliphatic heterocycles. The predicted molar refractivity (Wildman–Crippen MR) is 73.6 cm³/mol. The Morgan fingerprint density at radius 3 is 2.44 bits per heavy atom. The smallest absolute Gasteiger partial charge is 0.233 e. The third kappa shape index (κ3) is 2.87. The van der Waals surface area contributed by atoms with Crippen molar-refractivity contribution in [1.82, 2.24) is 15.0 Å². The molecule has 18 heavy (non-hydrogen) atoms. The number of halogens is 1. The Hall–Kier alpha value is -1.88. The zero-order valence-corrected chi connectivity index (χ0v) is 11.2. The summed E-state index contributed by atoms with van der Waals surface area (Å²) in [5, 5.41) is 6.11. The minimum atomic E-state index is 0.154. The fourth-order valence-electron chi connectivity index (χ4n) is 1.59. The first-order valence-electron chi connectivity index (χ1n) is 5.52. The van der Waals surface area contributed by atoms with Gasteiger partial charge in [0.15, 0.2) is 0 Å². The summed E-state index contributed by atoms with van der Waals surface area (Å²) in [6, 6.07) is 6.10. The third-order valence-corrected chi connectivity index (χ3v) is 2.63. The molecule has 0 saturated heterocycles. The number of rotatable bonds is 3. The van der Waals surface area contributed by atoms with Gasteiger partial charge in [-0.25, -0.2) is 0 Å². The Morgan fingerprint density at radius 1 is 1.06 bits per heavy atom. The fourth-order valence-corrected chi connectivity index (χ4v) is 1.75. The van der Waals surface area contributed by atoms with Gasteiger partial charge in [0.2, 0.25) is 17.2 Å². The van der Waals surface area contributed by atoms with Crippen LogP contribution in [0.25, 0.3) is 0 Å². The van der Waals surface area contributed by atoms with E-state index in [1.807, 2.05) is 19.1 Å². The van der Waals surface area contributed by atoms with Gasteiger partial charge in [0.05, 0.1) is 0 Å². The number of nitrogens with one attached hydrogen (secondary N) is 2. The van der Waals surface area contributed by atoms with E-state index in [0.29, 0.717) is 11.9 Å². The lowest BCUT2D eigenvalue weighted by atomic mass is 10.1. The van der Waals surface area contributed by atoms with E-state index in [9.17, 15) is 0 Å². The first-order chi connectivity index (χ1) is 8.58. The summed E-state index contributed by atoms with van der Waals surface area (Å²) in [6.07, 6.45) is 0. The summed E-state index contributed by atoms with van der Waals surface area (Å²) in [5.74, 6) is 0.855. The normalized spacial score (nSPS) is 10.2. The van der Waals surface area contributed by atoms with Crippen molar-refractivity contribution in [2.75, 3.05) is 17.7 Å². The highest BCUT2D eigenvalue weighted by molar-refractivity contribution is 6.28. The van der Waals surface area contributed by atoms with Gasteiger partial charge in [-0.3, -0.25) is 0 Å². The van der Waals surface area contributed by atoms with Crippen molar-refractivity contribution in [1.29, 1.82) is 0 Å². The summed E-state index contributed by atoms with van der Waals surface area (Å²) in [6.45, 7) is 4.08. The molecular formula is C12H14ClN5. The molecule has 0 saturated carbocycles. The highest BCUT2D eigenvalue weighted by Crippen LogP contribution is 2.20. The molecule has 2 rings (SSSR count). The molecular weight excluding hydrogens is 250 g/mol. The van der Waals surface area contributed by atoms with Crippen molar-refractivity contribution in [2.24, 2.45) is 0 Å². The van der Waals surface area contributed by atoms with Gasteiger partial charge in [0.25, 0.3) is 0 Å². The topological polar surface area (TPSA) is 62.7 Å². The van der Waals surface area contributed by atoms with Gasteiger partial charge in [-0.15, -0.1) is 0 Å². The SMILES string of the molecule is CNc1nc(Cl)nc(Nc2ccc(C)cc2C)n1. The molecule has 0 amide bonds. The number of benzene rings is 1. The Balaban J connectivity index is 2.30. The Labute approximate surface area is 111 Å². The maximum absolute atomic E-state index is 5.82. The minimum Gasteiger partial charge on any atom is -0.357 e. The van der Waals surface area contributed by atoms with E-state index in [0.717, 1.165) is 11.3 Å². The van der Waals surface area contributed by atoms with Crippen LogP contribution in [-0.4, -0.2) is 22.0 Å². The molecule has 0 radical (unpaired) electrons. The van der Waals surface area contributed by atoms with Crippen LogP contribution < -0.4 is 10.6 Å². The molecule has 0 bridgehead atoms. The van der Waals surface area contributed by atoms with E-state index in [1.165, 1.54) is 5.56 Å². The van der Waals surface area contributed by atoms with Crippen molar-refractivity contribution < 1.29 is 0 Å². The number of hydrogen-bond donors (Lipinski definition) is 2. The van der Waals surface area contributed by atoms with Crippen molar-refractivity contribution in [3.8, 4) is 0 Å². The van der Waals surface area contributed by atoms with Gasteiger partial charge >= 0.3 is 0 Å². The Kier molecular flexibility index (Phi) is 3.62. The molecule has 1 heterocycles.